The maximum atomic E-state index is 12.7. The molecule has 0 spiro atoms. The number of rotatable bonds is 5. The lowest BCUT2D eigenvalue weighted by molar-refractivity contribution is -0.137. The molecular weight excluding hydrogens is 323 g/mol. The van der Waals surface area contributed by atoms with Crippen molar-refractivity contribution in [3.63, 3.8) is 0 Å². The summed E-state index contributed by atoms with van der Waals surface area (Å²) >= 11 is 0. The van der Waals surface area contributed by atoms with Crippen molar-refractivity contribution >= 4 is 5.96 Å². The Balaban J connectivity index is 2.02. The fourth-order valence-electron chi connectivity index (χ4n) is 1.93. The highest BCUT2D eigenvalue weighted by Gasteiger charge is 2.30. The first-order chi connectivity index (χ1) is 11.4. The van der Waals surface area contributed by atoms with E-state index in [1.165, 1.54) is 6.07 Å². The smallest absolute Gasteiger partial charge is 0.357 e. The van der Waals surface area contributed by atoms with Gasteiger partial charge in [0.25, 0.3) is 0 Å². The van der Waals surface area contributed by atoms with Gasteiger partial charge in [0.15, 0.2) is 11.8 Å². The summed E-state index contributed by atoms with van der Waals surface area (Å²) in [4.78, 5) is 8.32. The van der Waals surface area contributed by atoms with Crippen LogP contribution in [0.25, 0.3) is 0 Å². The number of nitrogens with zero attached hydrogens (tertiary/aromatic N) is 3. The van der Waals surface area contributed by atoms with Crippen LogP contribution in [-0.2, 0) is 19.3 Å². The fraction of sp³-hybridized carbons (Fsp3) is 0.400. The van der Waals surface area contributed by atoms with E-state index in [1.54, 1.807) is 13.0 Å². The number of aromatic nitrogens is 2. The molecule has 1 heterocycles. The quantitative estimate of drug-likeness (QED) is 0.646. The van der Waals surface area contributed by atoms with Gasteiger partial charge in [-0.25, -0.2) is 4.99 Å². The summed E-state index contributed by atoms with van der Waals surface area (Å²) in [6, 6.07) is 5.10. The molecule has 24 heavy (non-hydrogen) atoms. The lowest BCUT2D eigenvalue weighted by atomic mass is 10.1. The maximum Gasteiger partial charge on any atom is 0.416 e. The van der Waals surface area contributed by atoms with Gasteiger partial charge < -0.3 is 15.2 Å². The summed E-state index contributed by atoms with van der Waals surface area (Å²) in [7, 11) is 0. The molecule has 2 aromatic rings. The molecule has 1 aromatic carbocycles. The molecule has 0 unspecified atom stereocenters. The Morgan fingerprint density at radius 1 is 1.29 bits per heavy atom. The second kappa shape index (κ2) is 7.80. The van der Waals surface area contributed by atoms with E-state index in [1.807, 2.05) is 6.92 Å². The van der Waals surface area contributed by atoms with Crippen LogP contribution >= 0.6 is 0 Å². The minimum Gasteiger partial charge on any atom is -0.357 e. The average molecular weight is 341 g/mol. The third kappa shape index (κ3) is 5.25. The molecule has 0 aliphatic carbocycles. The number of aliphatic imine (C=N–C) groups is 1. The zero-order valence-corrected chi connectivity index (χ0v) is 13.3. The molecule has 0 fully saturated rings. The Hall–Kier alpha value is -2.58. The number of guanidine groups is 1. The van der Waals surface area contributed by atoms with Crippen molar-refractivity contribution in [1.82, 2.24) is 20.8 Å². The molecule has 2 N–H and O–H groups in total. The summed E-state index contributed by atoms with van der Waals surface area (Å²) in [5.41, 5.74) is -0.215. The third-order valence-corrected chi connectivity index (χ3v) is 3.00. The number of aryl methyl sites for hydroxylation is 1. The summed E-state index contributed by atoms with van der Waals surface area (Å²) < 4.78 is 43.0. The van der Waals surface area contributed by atoms with Crippen molar-refractivity contribution in [3.8, 4) is 0 Å². The van der Waals surface area contributed by atoms with Gasteiger partial charge in [-0.3, -0.25) is 0 Å². The second-order valence-corrected chi connectivity index (χ2v) is 4.98. The van der Waals surface area contributed by atoms with Crippen LogP contribution in [0.4, 0.5) is 13.2 Å². The van der Waals surface area contributed by atoms with Gasteiger partial charge in [0.1, 0.15) is 0 Å². The highest BCUT2D eigenvalue weighted by Crippen LogP contribution is 2.29. The molecule has 6 nitrogen and oxygen atoms in total. The first-order valence-electron chi connectivity index (χ1n) is 7.36. The van der Waals surface area contributed by atoms with Crippen molar-refractivity contribution in [2.45, 2.75) is 33.1 Å². The molecule has 0 saturated carbocycles. The Labute approximate surface area is 137 Å². The van der Waals surface area contributed by atoms with Crippen molar-refractivity contribution in [1.29, 1.82) is 0 Å². The lowest BCUT2D eigenvalue weighted by Crippen LogP contribution is -2.37. The largest absolute Gasteiger partial charge is 0.416 e. The minimum atomic E-state index is -4.36. The molecule has 9 heteroatoms. The van der Waals surface area contributed by atoms with Gasteiger partial charge in [0, 0.05) is 13.5 Å². The molecule has 0 aliphatic rings. The minimum absolute atomic E-state index is 0.116. The van der Waals surface area contributed by atoms with Crippen molar-refractivity contribution in [2.24, 2.45) is 4.99 Å². The fourth-order valence-corrected chi connectivity index (χ4v) is 1.93. The molecule has 2 rings (SSSR count). The van der Waals surface area contributed by atoms with E-state index in [0.29, 0.717) is 36.3 Å². The molecule has 0 atom stereocenters. The third-order valence-electron chi connectivity index (χ3n) is 3.00. The van der Waals surface area contributed by atoms with Gasteiger partial charge in [0.2, 0.25) is 5.89 Å². The monoisotopic (exact) mass is 341 g/mol. The topological polar surface area (TPSA) is 75.3 Å². The van der Waals surface area contributed by atoms with Crippen LogP contribution < -0.4 is 10.6 Å². The first-order valence-corrected chi connectivity index (χ1v) is 7.36. The van der Waals surface area contributed by atoms with Crippen LogP contribution in [0.3, 0.4) is 0 Å². The number of halogens is 3. The van der Waals surface area contributed by atoms with E-state index in [0.717, 1.165) is 12.1 Å². The van der Waals surface area contributed by atoms with Crippen LogP contribution in [0.15, 0.2) is 33.8 Å². The van der Waals surface area contributed by atoms with E-state index in [4.69, 9.17) is 4.52 Å². The Bertz CT molecular complexity index is 696. The predicted octanol–water partition coefficient (Wildman–Crippen LogP) is 2.65. The average Bonchev–Trinajstić information content (AvgIpc) is 2.95. The van der Waals surface area contributed by atoms with Gasteiger partial charge in [0.05, 0.1) is 18.7 Å². The van der Waals surface area contributed by atoms with E-state index in [2.05, 4.69) is 25.8 Å². The van der Waals surface area contributed by atoms with E-state index in [9.17, 15) is 13.2 Å². The summed E-state index contributed by atoms with van der Waals surface area (Å²) in [6.45, 7) is 4.60. The SMILES string of the molecule is CCNC(=NCc1cccc(C(F)(F)F)c1)NCc1noc(C)n1. The van der Waals surface area contributed by atoms with Crippen LogP contribution in [0, 0.1) is 6.92 Å². The molecule has 0 bridgehead atoms. The van der Waals surface area contributed by atoms with Gasteiger partial charge in [-0.1, -0.05) is 17.3 Å². The molecule has 0 aliphatic heterocycles. The van der Waals surface area contributed by atoms with Crippen molar-refractivity contribution < 1.29 is 17.7 Å². The zero-order chi connectivity index (χ0) is 17.6. The molecule has 130 valence electrons. The first kappa shape index (κ1) is 17.8. The number of hydrogen-bond donors (Lipinski definition) is 2. The maximum absolute atomic E-state index is 12.7. The predicted molar refractivity (Wildman–Crippen MR) is 82.1 cm³/mol. The van der Waals surface area contributed by atoms with Crippen LogP contribution in [0.1, 0.15) is 29.8 Å². The van der Waals surface area contributed by atoms with E-state index >= 15 is 0 Å². The van der Waals surface area contributed by atoms with E-state index in [-0.39, 0.29) is 6.54 Å². The Morgan fingerprint density at radius 3 is 2.71 bits per heavy atom. The lowest BCUT2D eigenvalue weighted by Gasteiger charge is -2.10. The highest BCUT2D eigenvalue weighted by molar-refractivity contribution is 5.79. The second-order valence-electron chi connectivity index (χ2n) is 4.98. The molecule has 0 amide bonds. The van der Waals surface area contributed by atoms with Crippen LogP contribution in [0.5, 0.6) is 0 Å². The number of hydrogen-bond acceptors (Lipinski definition) is 4. The summed E-state index contributed by atoms with van der Waals surface area (Å²) in [5.74, 6) is 1.38. The zero-order valence-electron chi connectivity index (χ0n) is 13.3. The summed E-state index contributed by atoms with van der Waals surface area (Å²) in [6.07, 6.45) is -4.36. The number of nitrogens with one attached hydrogen (secondary N) is 2. The molecule has 0 radical (unpaired) electrons. The molecule has 1 aromatic heterocycles. The standard InChI is InChI=1S/C15H18F3N5O/c1-3-19-14(21-9-13-22-10(2)24-23-13)20-8-11-5-4-6-12(7-11)15(16,17)18/h4-7H,3,8-9H2,1-2H3,(H2,19,20,21). The highest BCUT2D eigenvalue weighted by atomic mass is 19.4. The normalized spacial score (nSPS) is 12.3. The van der Waals surface area contributed by atoms with Crippen molar-refractivity contribution in [3.05, 3.63) is 47.1 Å². The van der Waals surface area contributed by atoms with Gasteiger partial charge in [-0.15, -0.1) is 0 Å². The number of benzene rings is 1. The summed E-state index contributed by atoms with van der Waals surface area (Å²) in [5, 5.41) is 9.75. The van der Waals surface area contributed by atoms with Crippen LogP contribution in [-0.4, -0.2) is 22.6 Å². The number of alkyl halides is 3. The molecular formula is C15H18F3N5O. The molecule has 0 saturated heterocycles. The van der Waals surface area contributed by atoms with Crippen molar-refractivity contribution in [2.75, 3.05) is 6.54 Å². The van der Waals surface area contributed by atoms with Gasteiger partial charge in [-0.05, 0) is 24.6 Å². The van der Waals surface area contributed by atoms with Gasteiger partial charge >= 0.3 is 6.18 Å². The Kier molecular flexibility index (Phi) is 5.78. The van der Waals surface area contributed by atoms with Crippen LogP contribution in [0.2, 0.25) is 0 Å². The van der Waals surface area contributed by atoms with Gasteiger partial charge in [-0.2, -0.15) is 18.2 Å². The van der Waals surface area contributed by atoms with E-state index < -0.39 is 11.7 Å². The Morgan fingerprint density at radius 2 is 2.08 bits per heavy atom.